The van der Waals surface area contributed by atoms with Gasteiger partial charge in [-0.3, -0.25) is 9.69 Å². The van der Waals surface area contributed by atoms with Crippen LogP contribution in [0.5, 0.6) is 0 Å². The highest BCUT2D eigenvalue weighted by Gasteiger charge is 2.37. The molecular formula is C15H20N2O4. The Balaban J connectivity index is 2.25. The SMILES string of the molecule is COCC(C)N(C)C(=O)N1CC(C(=O)O)c2ccccc21. The molecule has 2 unspecified atom stereocenters. The first-order valence-electron chi connectivity index (χ1n) is 6.82. The van der Waals surface area contributed by atoms with Crippen LogP contribution in [0.25, 0.3) is 0 Å². The molecule has 0 radical (unpaired) electrons. The van der Waals surface area contributed by atoms with Gasteiger partial charge in [-0.25, -0.2) is 4.79 Å². The van der Waals surface area contributed by atoms with Gasteiger partial charge in [0.2, 0.25) is 0 Å². The molecule has 0 fully saturated rings. The van der Waals surface area contributed by atoms with E-state index in [4.69, 9.17) is 4.74 Å². The molecule has 21 heavy (non-hydrogen) atoms. The first-order chi connectivity index (χ1) is 9.97. The van der Waals surface area contributed by atoms with E-state index in [1.165, 1.54) is 4.90 Å². The Morgan fingerprint density at radius 3 is 2.76 bits per heavy atom. The average molecular weight is 292 g/mol. The maximum absolute atomic E-state index is 12.6. The van der Waals surface area contributed by atoms with Gasteiger partial charge in [-0.05, 0) is 18.6 Å². The predicted molar refractivity (Wildman–Crippen MR) is 78.7 cm³/mol. The van der Waals surface area contributed by atoms with Gasteiger partial charge in [0.1, 0.15) is 5.92 Å². The monoisotopic (exact) mass is 292 g/mol. The van der Waals surface area contributed by atoms with Crippen LogP contribution in [0.15, 0.2) is 24.3 Å². The van der Waals surface area contributed by atoms with Crippen molar-refractivity contribution < 1.29 is 19.4 Å². The molecule has 1 aliphatic rings. The Morgan fingerprint density at radius 1 is 1.48 bits per heavy atom. The molecule has 1 aromatic rings. The lowest BCUT2D eigenvalue weighted by molar-refractivity contribution is -0.138. The molecule has 2 atom stereocenters. The maximum Gasteiger partial charge on any atom is 0.324 e. The number of carbonyl (C=O) groups is 2. The summed E-state index contributed by atoms with van der Waals surface area (Å²) in [6, 6.07) is 6.85. The summed E-state index contributed by atoms with van der Waals surface area (Å²) >= 11 is 0. The number of anilines is 1. The summed E-state index contributed by atoms with van der Waals surface area (Å²) in [7, 11) is 3.28. The van der Waals surface area contributed by atoms with E-state index in [0.29, 0.717) is 17.9 Å². The van der Waals surface area contributed by atoms with Crippen LogP contribution in [-0.4, -0.2) is 55.4 Å². The lowest BCUT2D eigenvalue weighted by atomic mass is 10.0. The topological polar surface area (TPSA) is 70.1 Å². The second kappa shape index (κ2) is 6.13. The molecule has 0 spiro atoms. The normalized spacial score (nSPS) is 18.2. The summed E-state index contributed by atoms with van der Waals surface area (Å²) in [6.45, 7) is 2.48. The minimum absolute atomic E-state index is 0.0847. The molecule has 0 aliphatic carbocycles. The van der Waals surface area contributed by atoms with Crippen molar-refractivity contribution in [2.24, 2.45) is 0 Å². The summed E-state index contributed by atoms with van der Waals surface area (Å²) in [5.41, 5.74) is 1.36. The third-order valence-electron chi connectivity index (χ3n) is 3.87. The lowest BCUT2D eigenvalue weighted by Gasteiger charge is -2.29. The molecule has 0 saturated carbocycles. The molecule has 1 N–H and O–H groups in total. The van der Waals surface area contributed by atoms with Crippen molar-refractivity contribution in [1.82, 2.24) is 4.90 Å². The Hall–Kier alpha value is -2.08. The number of carboxylic acids is 1. The van der Waals surface area contributed by atoms with E-state index in [1.54, 1.807) is 37.3 Å². The van der Waals surface area contributed by atoms with Crippen molar-refractivity contribution in [2.45, 2.75) is 18.9 Å². The molecule has 0 aromatic heterocycles. The van der Waals surface area contributed by atoms with Gasteiger partial charge in [-0.15, -0.1) is 0 Å². The van der Waals surface area contributed by atoms with Crippen LogP contribution >= 0.6 is 0 Å². The largest absolute Gasteiger partial charge is 0.481 e. The summed E-state index contributed by atoms with van der Waals surface area (Å²) in [5, 5.41) is 9.32. The smallest absolute Gasteiger partial charge is 0.324 e. The van der Waals surface area contributed by atoms with Crippen molar-refractivity contribution in [2.75, 3.05) is 32.2 Å². The Labute approximate surface area is 123 Å². The number of urea groups is 1. The van der Waals surface area contributed by atoms with Crippen LogP contribution in [-0.2, 0) is 9.53 Å². The Bertz CT molecular complexity index is 546. The quantitative estimate of drug-likeness (QED) is 0.918. The molecule has 0 saturated heterocycles. The number of ether oxygens (including phenoxy) is 1. The number of hydrogen-bond acceptors (Lipinski definition) is 3. The number of benzene rings is 1. The van der Waals surface area contributed by atoms with Crippen LogP contribution < -0.4 is 4.90 Å². The fourth-order valence-corrected chi connectivity index (χ4v) is 2.53. The molecular weight excluding hydrogens is 272 g/mol. The second-order valence-corrected chi connectivity index (χ2v) is 5.26. The molecule has 1 heterocycles. The number of para-hydroxylation sites is 1. The van der Waals surface area contributed by atoms with Gasteiger partial charge in [-0.1, -0.05) is 18.2 Å². The summed E-state index contributed by atoms with van der Waals surface area (Å²) < 4.78 is 5.06. The Morgan fingerprint density at radius 2 is 2.14 bits per heavy atom. The second-order valence-electron chi connectivity index (χ2n) is 5.26. The lowest BCUT2D eigenvalue weighted by Crippen LogP contribution is -2.46. The fourth-order valence-electron chi connectivity index (χ4n) is 2.53. The van der Waals surface area contributed by atoms with Crippen molar-refractivity contribution >= 4 is 17.7 Å². The summed E-state index contributed by atoms with van der Waals surface area (Å²) in [6.07, 6.45) is 0. The standard InChI is InChI=1S/C15H20N2O4/c1-10(9-21-3)16(2)15(20)17-8-12(14(18)19)11-6-4-5-7-13(11)17/h4-7,10,12H,8-9H2,1-3H3,(H,18,19). The van der Waals surface area contributed by atoms with E-state index >= 15 is 0 Å². The van der Waals surface area contributed by atoms with E-state index in [0.717, 1.165) is 0 Å². The molecule has 2 amide bonds. The molecule has 114 valence electrons. The molecule has 6 nitrogen and oxygen atoms in total. The first-order valence-corrected chi connectivity index (χ1v) is 6.82. The third kappa shape index (κ3) is 2.85. The van der Waals surface area contributed by atoms with Crippen LogP contribution in [0, 0.1) is 0 Å². The molecule has 6 heteroatoms. The summed E-state index contributed by atoms with van der Waals surface area (Å²) in [5.74, 6) is -1.58. The van der Waals surface area contributed by atoms with E-state index in [2.05, 4.69) is 0 Å². The number of aliphatic carboxylic acids is 1. The number of rotatable bonds is 4. The van der Waals surface area contributed by atoms with Crippen LogP contribution in [0.3, 0.4) is 0 Å². The average Bonchev–Trinajstić information content (AvgIpc) is 2.85. The number of methoxy groups -OCH3 is 1. The number of carbonyl (C=O) groups excluding carboxylic acids is 1. The van der Waals surface area contributed by atoms with Crippen molar-refractivity contribution in [1.29, 1.82) is 0 Å². The molecule has 2 rings (SSSR count). The first kappa shape index (κ1) is 15.3. The highest BCUT2D eigenvalue weighted by atomic mass is 16.5. The molecule has 1 aromatic carbocycles. The van der Waals surface area contributed by atoms with Gasteiger partial charge < -0.3 is 14.7 Å². The van der Waals surface area contributed by atoms with Crippen LogP contribution in [0.2, 0.25) is 0 Å². The van der Waals surface area contributed by atoms with Gasteiger partial charge in [0.05, 0.1) is 12.6 Å². The molecule has 1 aliphatic heterocycles. The van der Waals surface area contributed by atoms with Gasteiger partial charge >= 0.3 is 12.0 Å². The van der Waals surface area contributed by atoms with Crippen LogP contribution in [0.1, 0.15) is 18.4 Å². The van der Waals surface area contributed by atoms with E-state index in [1.807, 2.05) is 13.0 Å². The van der Waals surface area contributed by atoms with Gasteiger partial charge in [-0.2, -0.15) is 0 Å². The third-order valence-corrected chi connectivity index (χ3v) is 3.87. The van der Waals surface area contributed by atoms with Crippen molar-refractivity contribution in [3.63, 3.8) is 0 Å². The number of likely N-dealkylation sites (N-methyl/N-ethyl adjacent to an activating group) is 1. The van der Waals surface area contributed by atoms with Crippen LogP contribution in [0.4, 0.5) is 10.5 Å². The number of hydrogen-bond donors (Lipinski definition) is 1. The van der Waals surface area contributed by atoms with Gasteiger partial charge in [0.15, 0.2) is 0 Å². The Kier molecular flexibility index (Phi) is 4.47. The zero-order chi connectivity index (χ0) is 15.6. The zero-order valence-electron chi connectivity index (χ0n) is 12.4. The van der Waals surface area contributed by atoms with E-state index < -0.39 is 11.9 Å². The van der Waals surface area contributed by atoms with Crippen molar-refractivity contribution in [3.05, 3.63) is 29.8 Å². The maximum atomic E-state index is 12.6. The minimum atomic E-state index is -0.912. The number of amides is 2. The van der Waals surface area contributed by atoms with Crippen molar-refractivity contribution in [3.8, 4) is 0 Å². The van der Waals surface area contributed by atoms with Gasteiger partial charge in [0.25, 0.3) is 0 Å². The van der Waals surface area contributed by atoms with E-state index in [-0.39, 0.29) is 18.6 Å². The number of fused-ring (bicyclic) bond motifs is 1. The summed E-state index contributed by atoms with van der Waals surface area (Å²) in [4.78, 5) is 27.1. The predicted octanol–water partition coefficient (Wildman–Crippen LogP) is 1.76. The highest BCUT2D eigenvalue weighted by Crippen LogP contribution is 2.36. The highest BCUT2D eigenvalue weighted by molar-refractivity contribution is 5.98. The number of nitrogens with zero attached hydrogens (tertiary/aromatic N) is 2. The van der Waals surface area contributed by atoms with E-state index in [9.17, 15) is 14.7 Å². The number of carboxylic acid groups (broad SMARTS) is 1. The fraction of sp³-hybridized carbons (Fsp3) is 0.467. The zero-order valence-corrected chi connectivity index (χ0v) is 12.4. The minimum Gasteiger partial charge on any atom is -0.481 e. The molecule has 0 bridgehead atoms. The van der Waals surface area contributed by atoms with Gasteiger partial charge in [0, 0.05) is 26.4 Å².